The van der Waals surface area contributed by atoms with Crippen molar-refractivity contribution in [3.63, 3.8) is 0 Å². The minimum Gasteiger partial charge on any atom is -0.481 e. The van der Waals surface area contributed by atoms with E-state index in [1.54, 1.807) is 0 Å². The molecule has 4 N–H and O–H groups in total. The standard InChI is InChI=1S/C12H20N2O7/c13-14(6-5-9(15)1-2-10(16)17)7-8-21-12(20)4-3-11(18)19/h1-8,13H2,(H,16,17)(H,18,19). The maximum absolute atomic E-state index is 11.3. The van der Waals surface area contributed by atoms with Gasteiger partial charge in [-0.1, -0.05) is 0 Å². The Labute approximate surface area is 121 Å². The van der Waals surface area contributed by atoms with Crippen molar-refractivity contribution in [3.05, 3.63) is 0 Å². The lowest BCUT2D eigenvalue weighted by Gasteiger charge is -2.15. The Balaban J connectivity index is 3.64. The van der Waals surface area contributed by atoms with Gasteiger partial charge in [0.1, 0.15) is 12.4 Å². The summed E-state index contributed by atoms with van der Waals surface area (Å²) in [5, 5.41) is 18.1. The van der Waals surface area contributed by atoms with E-state index in [1.807, 2.05) is 0 Å². The number of rotatable bonds is 12. The molecule has 0 amide bonds. The summed E-state index contributed by atoms with van der Waals surface area (Å²) in [7, 11) is 0. The number of hydrogen-bond donors (Lipinski definition) is 3. The summed E-state index contributed by atoms with van der Waals surface area (Å²) in [5.74, 6) is 2.64. The first-order valence-corrected chi connectivity index (χ1v) is 6.41. The van der Waals surface area contributed by atoms with Crippen LogP contribution in [0.3, 0.4) is 0 Å². The highest BCUT2D eigenvalue weighted by atomic mass is 16.5. The first-order valence-electron chi connectivity index (χ1n) is 6.41. The number of carbonyl (C=O) groups excluding carboxylic acids is 2. The van der Waals surface area contributed by atoms with Gasteiger partial charge in [-0.15, -0.1) is 0 Å². The Morgan fingerprint density at radius 3 is 2.00 bits per heavy atom. The monoisotopic (exact) mass is 304 g/mol. The lowest BCUT2D eigenvalue weighted by atomic mass is 10.1. The average molecular weight is 304 g/mol. The highest BCUT2D eigenvalue weighted by molar-refractivity contribution is 5.82. The van der Waals surface area contributed by atoms with E-state index in [4.69, 9.17) is 20.8 Å². The maximum atomic E-state index is 11.3. The molecule has 0 fully saturated rings. The van der Waals surface area contributed by atoms with Crippen LogP contribution in [0.25, 0.3) is 0 Å². The minimum absolute atomic E-state index is 0.00172. The van der Waals surface area contributed by atoms with E-state index in [0.717, 1.165) is 0 Å². The van der Waals surface area contributed by atoms with Crippen LogP contribution >= 0.6 is 0 Å². The summed E-state index contributed by atoms with van der Waals surface area (Å²) < 4.78 is 4.76. The summed E-state index contributed by atoms with van der Waals surface area (Å²) in [6.07, 6.45) is -0.606. The molecule has 0 heterocycles. The Morgan fingerprint density at radius 2 is 1.43 bits per heavy atom. The van der Waals surface area contributed by atoms with Crippen LogP contribution in [0.5, 0.6) is 0 Å². The summed E-state index contributed by atoms with van der Waals surface area (Å²) in [6.45, 7) is 0.425. The van der Waals surface area contributed by atoms with Crippen LogP contribution in [-0.2, 0) is 23.9 Å². The third-order valence-electron chi connectivity index (χ3n) is 2.48. The third-order valence-corrected chi connectivity index (χ3v) is 2.48. The van der Waals surface area contributed by atoms with Crippen LogP contribution in [-0.4, -0.2) is 58.6 Å². The van der Waals surface area contributed by atoms with Crippen molar-refractivity contribution in [3.8, 4) is 0 Å². The van der Waals surface area contributed by atoms with Gasteiger partial charge in [-0.3, -0.25) is 25.0 Å². The molecule has 9 heteroatoms. The van der Waals surface area contributed by atoms with Crippen molar-refractivity contribution >= 4 is 23.7 Å². The number of Topliss-reactive ketones (excluding diaryl/α,β-unsaturated/α-hetero) is 1. The van der Waals surface area contributed by atoms with Crippen molar-refractivity contribution < 1.29 is 34.1 Å². The Bertz CT molecular complexity index is 384. The fourth-order valence-corrected chi connectivity index (χ4v) is 1.31. The van der Waals surface area contributed by atoms with Gasteiger partial charge in [0.2, 0.25) is 0 Å². The molecule has 0 saturated carbocycles. The number of aliphatic carboxylic acids is 2. The van der Waals surface area contributed by atoms with Gasteiger partial charge in [0, 0.05) is 25.9 Å². The predicted molar refractivity (Wildman–Crippen MR) is 70.1 cm³/mol. The zero-order chi connectivity index (χ0) is 16.3. The van der Waals surface area contributed by atoms with Crippen molar-refractivity contribution in [1.82, 2.24) is 5.01 Å². The van der Waals surface area contributed by atoms with Crippen LogP contribution in [0.4, 0.5) is 0 Å². The third kappa shape index (κ3) is 12.8. The molecule has 0 aromatic carbocycles. The second-order valence-corrected chi connectivity index (χ2v) is 4.33. The Kier molecular flexibility index (Phi) is 9.72. The quantitative estimate of drug-likeness (QED) is 0.244. The fourth-order valence-electron chi connectivity index (χ4n) is 1.31. The van der Waals surface area contributed by atoms with E-state index >= 15 is 0 Å². The molecule has 0 unspecified atom stereocenters. The molecule has 0 aromatic heterocycles. The van der Waals surface area contributed by atoms with Gasteiger partial charge >= 0.3 is 17.9 Å². The molecule has 0 aliphatic carbocycles. The topological polar surface area (TPSA) is 147 Å². The van der Waals surface area contributed by atoms with E-state index in [2.05, 4.69) is 0 Å². The zero-order valence-electron chi connectivity index (χ0n) is 11.6. The molecule has 0 spiro atoms. The Morgan fingerprint density at radius 1 is 0.857 bits per heavy atom. The van der Waals surface area contributed by atoms with Gasteiger partial charge in [-0.2, -0.15) is 0 Å². The van der Waals surface area contributed by atoms with Crippen LogP contribution < -0.4 is 5.84 Å². The number of ketones is 1. The van der Waals surface area contributed by atoms with Crippen LogP contribution in [0.15, 0.2) is 0 Å². The summed E-state index contributed by atoms with van der Waals surface area (Å²) in [5.41, 5.74) is 0. The maximum Gasteiger partial charge on any atom is 0.306 e. The molecule has 0 aliphatic heterocycles. The number of nitrogens with two attached hydrogens (primary N) is 1. The fraction of sp³-hybridized carbons (Fsp3) is 0.667. The predicted octanol–water partition coefficient (Wildman–Crippen LogP) is -0.606. The number of carboxylic acid groups (broad SMARTS) is 2. The van der Waals surface area contributed by atoms with Gasteiger partial charge < -0.3 is 14.9 Å². The largest absolute Gasteiger partial charge is 0.481 e. The van der Waals surface area contributed by atoms with Crippen molar-refractivity contribution in [2.24, 2.45) is 5.84 Å². The van der Waals surface area contributed by atoms with Crippen LogP contribution in [0, 0.1) is 0 Å². The Hall–Kier alpha value is -2.00. The van der Waals surface area contributed by atoms with Crippen molar-refractivity contribution in [1.29, 1.82) is 0 Å². The highest BCUT2D eigenvalue weighted by Crippen LogP contribution is 1.97. The number of ether oxygens (including phenoxy) is 1. The van der Waals surface area contributed by atoms with Gasteiger partial charge in [-0.25, -0.2) is 5.01 Å². The van der Waals surface area contributed by atoms with Crippen LogP contribution in [0.2, 0.25) is 0 Å². The molecule has 0 saturated heterocycles. The van der Waals surface area contributed by atoms with E-state index in [-0.39, 0.29) is 57.6 Å². The molecule has 9 nitrogen and oxygen atoms in total. The average Bonchev–Trinajstić information content (AvgIpc) is 2.40. The molecule has 0 bridgehead atoms. The molecule has 0 aliphatic rings. The normalized spacial score (nSPS) is 10.4. The smallest absolute Gasteiger partial charge is 0.306 e. The summed E-state index contributed by atoms with van der Waals surface area (Å²) in [4.78, 5) is 42.9. The van der Waals surface area contributed by atoms with Gasteiger partial charge in [0.15, 0.2) is 0 Å². The number of carbonyl (C=O) groups is 4. The molecule has 0 radical (unpaired) electrons. The second kappa shape index (κ2) is 10.7. The molecule has 0 rings (SSSR count). The number of nitrogens with zero attached hydrogens (tertiary/aromatic N) is 1. The van der Waals surface area contributed by atoms with Crippen LogP contribution in [0.1, 0.15) is 32.1 Å². The first kappa shape index (κ1) is 19.0. The second-order valence-electron chi connectivity index (χ2n) is 4.33. The summed E-state index contributed by atoms with van der Waals surface area (Å²) >= 11 is 0. The number of carboxylic acids is 2. The molecule has 0 aromatic rings. The molecular formula is C12H20N2O7. The molecule has 0 atom stereocenters. The first-order chi connectivity index (χ1) is 9.81. The molecule has 21 heavy (non-hydrogen) atoms. The molecule has 120 valence electrons. The number of hydrazine groups is 1. The van der Waals surface area contributed by atoms with E-state index in [1.165, 1.54) is 5.01 Å². The van der Waals surface area contributed by atoms with Gasteiger partial charge in [0.05, 0.1) is 19.3 Å². The summed E-state index contributed by atoms with van der Waals surface area (Å²) in [6, 6.07) is 0. The number of esters is 1. The molecular weight excluding hydrogens is 284 g/mol. The van der Waals surface area contributed by atoms with Gasteiger partial charge in [0.25, 0.3) is 0 Å². The number of hydrogen-bond acceptors (Lipinski definition) is 7. The lowest BCUT2D eigenvalue weighted by Crippen LogP contribution is -2.36. The lowest BCUT2D eigenvalue weighted by molar-refractivity contribution is -0.148. The highest BCUT2D eigenvalue weighted by Gasteiger charge is 2.09. The SMILES string of the molecule is NN(CCOC(=O)CCC(=O)O)CCC(=O)CCC(=O)O. The van der Waals surface area contributed by atoms with E-state index in [0.29, 0.717) is 0 Å². The van der Waals surface area contributed by atoms with E-state index < -0.39 is 17.9 Å². The zero-order valence-corrected chi connectivity index (χ0v) is 11.6. The van der Waals surface area contributed by atoms with Crippen molar-refractivity contribution in [2.45, 2.75) is 32.1 Å². The van der Waals surface area contributed by atoms with Crippen molar-refractivity contribution in [2.75, 3.05) is 19.7 Å². The van der Waals surface area contributed by atoms with Gasteiger partial charge in [-0.05, 0) is 0 Å². The minimum atomic E-state index is -1.08. The van der Waals surface area contributed by atoms with E-state index in [9.17, 15) is 19.2 Å².